The van der Waals surface area contributed by atoms with E-state index < -0.39 is 24.0 Å². The summed E-state index contributed by atoms with van der Waals surface area (Å²) < 4.78 is 10.3. The lowest BCUT2D eigenvalue weighted by molar-refractivity contribution is -0.0875. The molecule has 5 N–H and O–H groups in total. The van der Waals surface area contributed by atoms with Gasteiger partial charge in [-0.1, -0.05) is 6.07 Å². The van der Waals surface area contributed by atoms with Crippen LogP contribution in [0.1, 0.15) is 22.6 Å². The summed E-state index contributed by atoms with van der Waals surface area (Å²) >= 11 is 0. The molecule has 0 heterocycles. The van der Waals surface area contributed by atoms with Gasteiger partial charge in [0.1, 0.15) is 0 Å². The third-order valence-corrected chi connectivity index (χ3v) is 5.40. The zero-order valence-electron chi connectivity index (χ0n) is 15.2. The molecule has 0 fully saturated rings. The number of rotatable bonds is 5. The minimum atomic E-state index is -1.56. The van der Waals surface area contributed by atoms with E-state index in [1.807, 2.05) is 0 Å². The average Bonchev–Trinajstić information content (AvgIpc) is 2.67. The summed E-state index contributed by atoms with van der Waals surface area (Å²) in [6.45, 7) is -0.913. The Morgan fingerprint density at radius 2 is 1.67 bits per heavy atom. The average molecular weight is 376 g/mol. The molecule has 7 heteroatoms. The Kier molecular flexibility index (Phi) is 5.19. The second-order valence-electron chi connectivity index (χ2n) is 6.86. The third-order valence-electron chi connectivity index (χ3n) is 5.40. The van der Waals surface area contributed by atoms with Crippen molar-refractivity contribution in [3.8, 4) is 23.0 Å². The number of phenols is 2. The van der Waals surface area contributed by atoms with E-state index in [4.69, 9.17) is 9.47 Å². The molecular formula is C20H24O7. The van der Waals surface area contributed by atoms with Crippen molar-refractivity contribution >= 4 is 0 Å². The van der Waals surface area contributed by atoms with Crippen molar-refractivity contribution in [3.05, 3.63) is 47.0 Å². The number of methoxy groups -OCH3 is 2. The molecule has 0 bridgehead atoms. The summed E-state index contributed by atoms with van der Waals surface area (Å²) in [6, 6.07) is 7.94. The minimum Gasteiger partial charge on any atom is -0.504 e. The molecule has 3 rings (SSSR count). The number of phenolic OH excluding ortho intramolecular Hbond substituents is 2. The van der Waals surface area contributed by atoms with Crippen LogP contribution in [0.3, 0.4) is 0 Å². The lowest BCUT2D eigenvalue weighted by atomic mass is 9.64. The van der Waals surface area contributed by atoms with Gasteiger partial charge in [0.05, 0.1) is 26.4 Å². The maximum absolute atomic E-state index is 11.0. The molecule has 0 unspecified atom stereocenters. The Morgan fingerprint density at radius 1 is 1.00 bits per heavy atom. The van der Waals surface area contributed by atoms with Crippen molar-refractivity contribution in [2.45, 2.75) is 17.9 Å². The van der Waals surface area contributed by atoms with Crippen molar-refractivity contribution in [1.29, 1.82) is 0 Å². The van der Waals surface area contributed by atoms with Gasteiger partial charge in [-0.2, -0.15) is 0 Å². The van der Waals surface area contributed by atoms with Gasteiger partial charge in [-0.25, -0.2) is 0 Å². The summed E-state index contributed by atoms with van der Waals surface area (Å²) in [6.07, 6.45) is 0.104. The minimum absolute atomic E-state index is 0.0344. The van der Waals surface area contributed by atoms with E-state index in [2.05, 4.69) is 0 Å². The standard InChI is InChI=1S/C20H24O7/c1-26-17-5-11(3-4-15(17)23)19-13-7-16(24)18(27-2)6-12(13)8-20(25,10-22)14(19)9-21/h3-7,14,19,21-25H,8-10H2,1-2H3/t14-,19+,20-/m0/s1. The number of aromatic hydroxyl groups is 2. The molecule has 2 aromatic rings. The summed E-state index contributed by atoms with van der Waals surface area (Å²) in [7, 11) is 2.86. The number of aliphatic hydroxyl groups excluding tert-OH is 2. The highest BCUT2D eigenvalue weighted by Crippen LogP contribution is 2.49. The van der Waals surface area contributed by atoms with Crippen LogP contribution in [0.5, 0.6) is 23.0 Å². The first kappa shape index (κ1) is 19.3. The predicted molar refractivity (Wildman–Crippen MR) is 97.5 cm³/mol. The zero-order valence-corrected chi connectivity index (χ0v) is 15.2. The highest BCUT2D eigenvalue weighted by molar-refractivity contribution is 5.54. The van der Waals surface area contributed by atoms with Gasteiger partial charge in [-0.15, -0.1) is 0 Å². The van der Waals surface area contributed by atoms with E-state index in [0.717, 1.165) is 0 Å². The second kappa shape index (κ2) is 7.26. The normalized spacial score (nSPS) is 24.3. The first-order valence-electron chi connectivity index (χ1n) is 8.59. The Labute approximate surface area is 157 Å². The van der Waals surface area contributed by atoms with Crippen LogP contribution in [0.2, 0.25) is 0 Å². The molecule has 0 aromatic heterocycles. The Bertz CT molecular complexity index is 835. The predicted octanol–water partition coefficient (Wildman–Crippen LogP) is 1.13. The summed E-state index contributed by atoms with van der Waals surface area (Å²) in [5.41, 5.74) is 0.515. The van der Waals surface area contributed by atoms with Crippen LogP contribution >= 0.6 is 0 Å². The monoisotopic (exact) mass is 376 g/mol. The SMILES string of the molecule is COc1cc([C@@H]2c3cc(O)c(OC)cc3C[C@](O)(CO)[C@H]2CO)ccc1O. The number of ether oxygens (including phenoxy) is 2. The van der Waals surface area contributed by atoms with Crippen LogP contribution in [0.25, 0.3) is 0 Å². The molecule has 7 nitrogen and oxygen atoms in total. The topological polar surface area (TPSA) is 120 Å². The lowest BCUT2D eigenvalue weighted by Crippen LogP contribution is -2.51. The fourth-order valence-corrected chi connectivity index (χ4v) is 3.97. The quantitative estimate of drug-likeness (QED) is 0.531. The summed E-state index contributed by atoms with van der Waals surface area (Å²) in [5.74, 6) is -0.842. The number of hydrogen-bond acceptors (Lipinski definition) is 7. The second-order valence-corrected chi connectivity index (χ2v) is 6.86. The first-order valence-corrected chi connectivity index (χ1v) is 8.59. The maximum Gasteiger partial charge on any atom is 0.160 e. The molecule has 27 heavy (non-hydrogen) atoms. The van der Waals surface area contributed by atoms with Gasteiger partial charge in [-0.05, 0) is 41.0 Å². The van der Waals surface area contributed by atoms with Crippen LogP contribution in [-0.2, 0) is 6.42 Å². The Balaban J connectivity index is 2.24. The number of aliphatic hydroxyl groups is 3. The van der Waals surface area contributed by atoms with Crippen molar-refractivity contribution in [2.24, 2.45) is 5.92 Å². The van der Waals surface area contributed by atoms with Crippen LogP contribution in [0, 0.1) is 5.92 Å². The van der Waals surface area contributed by atoms with E-state index in [0.29, 0.717) is 16.7 Å². The van der Waals surface area contributed by atoms with E-state index in [-0.39, 0.29) is 36.0 Å². The Morgan fingerprint density at radius 3 is 2.26 bits per heavy atom. The van der Waals surface area contributed by atoms with Crippen molar-refractivity contribution in [2.75, 3.05) is 27.4 Å². The number of fused-ring (bicyclic) bond motifs is 1. The van der Waals surface area contributed by atoms with E-state index >= 15 is 0 Å². The van der Waals surface area contributed by atoms with Crippen LogP contribution in [0.15, 0.2) is 30.3 Å². The molecule has 3 atom stereocenters. The molecule has 0 aliphatic heterocycles. The van der Waals surface area contributed by atoms with Gasteiger partial charge in [0.15, 0.2) is 23.0 Å². The molecular weight excluding hydrogens is 352 g/mol. The molecule has 1 aliphatic carbocycles. The van der Waals surface area contributed by atoms with Crippen molar-refractivity contribution < 1.29 is 35.0 Å². The van der Waals surface area contributed by atoms with Crippen LogP contribution < -0.4 is 9.47 Å². The van der Waals surface area contributed by atoms with E-state index in [1.54, 1.807) is 24.3 Å². The van der Waals surface area contributed by atoms with Gasteiger partial charge < -0.3 is 35.0 Å². The summed E-state index contributed by atoms with van der Waals surface area (Å²) in [4.78, 5) is 0. The lowest BCUT2D eigenvalue weighted by Gasteiger charge is -2.44. The van der Waals surface area contributed by atoms with Gasteiger partial charge in [0, 0.05) is 24.9 Å². The molecule has 0 amide bonds. The third kappa shape index (κ3) is 3.18. The fourth-order valence-electron chi connectivity index (χ4n) is 3.97. The van der Waals surface area contributed by atoms with Crippen molar-refractivity contribution in [3.63, 3.8) is 0 Å². The molecule has 0 saturated carbocycles. The highest BCUT2D eigenvalue weighted by Gasteiger charge is 2.47. The van der Waals surface area contributed by atoms with E-state index in [1.165, 1.54) is 20.3 Å². The molecule has 146 valence electrons. The summed E-state index contributed by atoms with van der Waals surface area (Å²) in [5, 5.41) is 51.1. The van der Waals surface area contributed by atoms with Gasteiger partial charge >= 0.3 is 0 Å². The van der Waals surface area contributed by atoms with Crippen LogP contribution in [0.4, 0.5) is 0 Å². The number of benzene rings is 2. The zero-order chi connectivity index (χ0) is 19.8. The fraction of sp³-hybridized carbons (Fsp3) is 0.400. The largest absolute Gasteiger partial charge is 0.504 e. The number of hydrogen-bond donors (Lipinski definition) is 5. The smallest absolute Gasteiger partial charge is 0.160 e. The molecule has 1 aliphatic rings. The van der Waals surface area contributed by atoms with Crippen LogP contribution in [-0.4, -0.2) is 58.6 Å². The van der Waals surface area contributed by atoms with Gasteiger partial charge in [0.25, 0.3) is 0 Å². The molecule has 0 saturated heterocycles. The molecule has 2 aromatic carbocycles. The van der Waals surface area contributed by atoms with Crippen molar-refractivity contribution in [1.82, 2.24) is 0 Å². The highest BCUT2D eigenvalue weighted by atomic mass is 16.5. The van der Waals surface area contributed by atoms with E-state index in [9.17, 15) is 25.5 Å². The van der Waals surface area contributed by atoms with Gasteiger partial charge in [0.2, 0.25) is 0 Å². The maximum atomic E-state index is 11.0. The molecule has 0 spiro atoms. The first-order chi connectivity index (χ1) is 12.9. The Hall–Kier alpha value is -2.48. The molecule has 0 radical (unpaired) electrons. The van der Waals surface area contributed by atoms with Gasteiger partial charge in [-0.3, -0.25) is 0 Å².